The first-order valence-corrected chi connectivity index (χ1v) is 11.3. The highest BCUT2D eigenvalue weighted by Gasteiger charge is 2.36. The van der Waals surface area contributed by atoms with Crippen LogP contribution in [0.15, 0.2) is 78.9 Å². The van der Waals surface area contributed by atoms with Gasteiger partial charge in [-0.1, -0.05) is 61.0 Å². The Kier molecular flexibility index (Phi) is 7.22. The summed E-state index contributed by atoms with van der Waals surface area (Å²) in [5, 5.41) is 9.81. The highest BCUT2D eigenvalue weighted by Crippen LogP contribution is 2.37. The molecule has 1 fully saturated rings. The molecular weight excluding hydrogens is 443 g/mol. The molecule has 0 spiro atoms. The molecule has 0 amide bonds. The van der Waals surface area contributed by atoms with Crippen molar-refractivity contribution in [2.75, 3.05) is 6.54 Å². The van der Waals surface area contributed by atoms with Crippen LogP contribution in [-0.4, -0.2) is 28.6 Å². The number of hydrogen-bond acceptors (Lipinski definition) is 3. The lowest BCUT2D eigenvalue weighted by Crippen LogP contribution is -2.46. The maximum Gasteiger partial charge on any atom is 0.416 e. The number of ether oxygens (including phenoxy) is 1. The van der Waals surface area contributed by atoms with E-state index >= 15 is 0 Å². The number of hydrogen-bond donors (Lipinski definition) is 1. The van der Waals surface area contributed by atoms with Gasteiger partial charge in [-0.25, -0.2) is 0 Å². The lowest BCUT2D eigenvalue weighted by atomic mass is 9.91. The average Bonchev–Trinajstić information content (AvgIpc) is 2.84. The van der Waals surface area contributed by atoms with Gasteiger partial charge in [-0.2, -0.15) is 13.2 Å². The van der Waals surface area contributed by atoms with E-state index in [2.05, 4.69) is 0 Å². The minimum Gasteiger partial charge on any atom is -0.489 e. The Bertz CT molecular complexity index is 1080. The Morgan fingerprint density at radius 1 is 0.941 bits per heavy atom. The number of nitrogens with zero attached hydrogens (tertiary/aromatic N) is 1. The Labute approximate surface area is 196 Å². The number of aliphatic carboxylic acids is 1. The Balaban J connectivity index is 1.63. The van der Waals surface area contributed by atoms with E-state index < -0.39 is 29.8 Å². The summed E-state index contributed by atoms with van der Waals surface area (Å²) < 4.78 is 45.2. The van der Waals surface area contributed by atoms with Gasteiger partial charge in [-0.15, -0.1) is 0 Å². The number of piperidine rings is 1. The normalized spacial score (nSPS) is 17.8. The average molecular weight is 470 g/mol. The van der Waals surface area contributed by atoms with Gasteiger partial charge < -0.3 is 9.84 Å². The fraction of sp³-hybridized carbons (Fsp3) is 0.296. The molecule has 0 radical (unpaired) electrons. The fourth-order valence-electron chi connectivity index (χ4n) is 4.45. The number of benzene rings is 3. The standard InChI is InChI=1S/C27H26F3NO3/c28-27(29,30)22-13-9-20(10-14-22)25(31-17-5-4-8-24(31)26(32)33)21-11-15-23(16-12-21)34-18-19-6-2-1-3-7-19/h1-3,6-7,9-16,24-25H,4-5,8,17-18H2,(H,32,33). The Morgan fingerprint density at radius 2 is 1.56 bits per heavy atom. The predicted molar refractivity (Wildman–Crippen MR) is 122 cm³/mol. The van der Waals surface area contributed by atoms with E-state index in [4.69, 9.17) is 4.74 Å². The minimum absolute atomic E-state index is 0.412. The molecule has 1 aliphatic rings. The molecular formula is C27H26F3NO3. The largest absolute Gasteiger partial charge is 0.489 e. The second-order valence-corrected chi connectivity index (χ2v) is 8.45. The third kappa shape index (κ3) is 5.59. The van der Waals surface area contributed by atoms with Crippen molar-refractivity contribution in [1.29, 1.82) is 0 Å². The van der Waals surface area contributed by atoms with Crippen molar-refractivity contribution >= 4 is 5.97 Å². The number of carbonyl (C=O) groups is 1. The van der Waals surface area contributed by atoms with Crippen molar-refractivity contribution in [3.63, 3.8) is 0 Å². The summed E-state index contributed by atoms with van der Waals surface area (Å²) in [7, 11) is 0. The fourth-order valence-corrected chi connectivity index (χ4v) is 4.45. The first kappa shape index (κ1) is 23.8. The van der Waals surface area contributed by atoms with Crippen molar-refractivity contribution in [3.05, 3.63) is 101 Å². The zero-order valence-electron chi connectivity index (χ0n) is 18.5. The summed E-state index contributed by atoms with van der Waals surface area (Å²) in [6.07, 6.45) is -2.29. The third-order valence-corrected chi connectivity index (χ3v) is 6.16. The van der Waals surface area contributed by atoms with Crippen LogP contribution in [-0.2, 0) is 17.6 Å². The highest BCUT2D eigenvalue weighted by molar-refractivity contribution is 5.73. The highest BCUT2D eigenvalue weighted by atomic mass is 19.4. The molecule has 178 valence electrons. The van der Waals surface area contributed by atoms with E-state index in [0.29, 0.717) is 30.9 Å². The molecule has 0 bridgehead atoms. The Hall–Kier alpha value is -3.32. The van der Waals surface area contributed by atoms with Gasteiger partial charge in [0.1, 0.15) is 18.4 Å². The van der Waals surface area contributed by atoms with Crippen LogP contribution in [0.5, 0.6) is 5.75 Å². The van der Waals surface area contributed by atoms with Crippen LogP contribution in [0.4, 0.5) is 13.2 Å². The van der Waals surface area contributed by atoms with E-state index in [0.717, 1.165) is 36.1 Å². The number of halogens is 3. The summed E-state index contributed by atoms with van der Waals surface area (Å²) >= 11 is 0. The maximum absolute atomic E-state index is 13.1. The summed E-state index contributed by atoms with van der Waals surface area (Å²) in [4.78, 5) is 13.9. The van der Waals surface area contributed by atoms with E-state index in [-0.39, 0.29) is 0 Å². The molecule has 4 nitrogen and oxygen atoms in total. The van der Waals surface area contributed by atoms with Crippen LogP contribution in [0.25, 0.3) is 0 Å². The zero-order chi connectivity index (χ0) is 24.1. The Morgan fingerprint density at radius 3 is 2.15 bits per heavy atom. The zero-order valence-corrected chi connectivity index (χ0v) is 18.5. The number of carboxylic acids is 1. The van der Waals surface area contributed by atoms with Crippen LogP contribution >= 0.6 is 0 Å². The van der Waals surface area contributed by atoms with Gasteiger partial charge in [-0.3, -0.25) is 9.69 Å². The smallest absolute Gasteiger partial charge is 0.416 e. The quantitative estimate of drug-likeness (QED) is 0.440. The van der Waals surface area contributed by atoms with Gasteiger partial charge in [0.2, 0.25) is 0 Å². The second-order valence-electron chi connectivity index (χ2n) is 8.45. The van der Waals surface area contributed by atoms with E-state index in [1.807, 2.05) is 59.5 Å². The van der Waals surface area contributed by atoms with Crippen molar-refractivity contribution in [1.82, 2.24) is 4.90 Å². The first-order valence-electron chi connectivity index (χ1n) is 11.3. The molecule has 1 saturated heterocycles. The van der Waals surface area contributed by atoms with Crippen molar-refractivity contribution < 1.29 is 27.8 Å². The molecule has 1 heterocycles. The third-order valence-electron chi connectivity index (χ3n) is 6.16. The number of alkyl halides is 3. The summed E-state index contributed by atoms with van der Waals surface area (Å²) in [5.74, 6) is -0.258. The molecule has 0 aliphatic carbocycles. The molecule has 0 saturated carbocycles. The van der Waals surface area contributed by atoms with E-state index in [1.54, 1.807) is 0 Å². The SMILES string of the molecule is O=C(O)C1CCCCN1C(c1ccc(OCc2ccccc2)cc1)c1ccc(C(F)(F)F)cc1. The molecule has 1 aliphatic heterocycles. The van der Waals surface area contributed by atoms with Crippen LogP contribution in [0.2, 0.25) is 0 Å². The van der Waals surface area contributed by atoms with Crippen molar-refractivity contribution in [3.8, 4) is 5.75 Å². The van der Waals surface area contributed by atoms with Crippen LogP contribution in [0, 0.1) is 0 Å². The maximum atomic E-state index is 13.1. The first-order chi connectivity index (χ1) is 16.3. The second kappa shape index (κ2) is 10.3. The topological polar surface area (TPSA) is 49.8 Å². The van der Waals surface area contributed by atoms with Crippen LogP contribution in [0.1, 0.15) is 47.6 Å². The molecule has 34 heavy (non-hydrogen) atoms. The van der Waals surface area contributed by atoms with Crippen molar-refractivity contribution in [2.45, 2.75) is 44.1 Å². The molecule has 1 N–H and O–H groups in total. The molecule has 2 atom stereocenters. The summed E-state index contributed by atoms with van der Waals surface area (Å²) in [6.45, 7) is 0.963. The lowest BCUT2D eigenvalue weighted by Gasteiger charge is -2.39. The molecule has 3 aromatic rings. The molecule has 3 aromatic carbocycles. The van der Waals surface area contributed by atoms with Gasteiger partial charge >= 0.3 is 12.1 Å². The minimum atomic E-state index is -4.43. The molecule has 4 rings (SSSR count). The molecule has 7 heteroatoms. The van der Waals surface area contributed by atoms with E-state index in [1.165, 1.54) is 12.1 Å². The van der Waals surface area contributed by atoms with Crippen molar-refractivity contribution in [2.24, 2.45) is 0 Å². The monoisotopic (exact) mass is 469 g/mol. The number of likely N-dealkylation sites (tertiary alicyclic amines) is 1. The molecule has 2 unspecified atom stereocenters. The van der Waals surface area contributed by atoms with E-state index in [9.17, 15) is 23.1 Å². The van der Waals surface area contributed by atoms with Gasteiger partial charge in [0.25, 0.3) is 0 Å². The molecule has 0 aromatic heterocycles. The summed E-state index contributed by atoms with van der Waals surface area (Å²) in [6, 6.07) is 20.9. The van der Waals surface area contributed by atoms with Gasteiger partial charge in [0.15, 0.2) is 0 Å². The van der Waals surface area contributed by atoms with Gasteiger partial charge in [0.05, 0.1) is 11.6 Å². The lowest BCUT2D eigenvalue weighted by molar-refractivity contribution is -0.145. The van der Waals surface area contributed by atoms with Gasteiger partial charge in [0, 0.05) is 0 Å². The predicted octanol–water partition coefficient (Wildman–Crippen LogP) is 6.31. The van der Waals surface area contributed by atoms with Crippen LogP contribution < -0.4 is 4.74 Å². The van der Waals surface area contributed by atoms with Crippen LogP contribution in [0.3, 0.4) is 0 Å². The number of rotatable bonds is 7. The number of carboxylic acid groups (broad SMARTS) is 1. The summed E-state index contributed by atoms with van der Waals surface area (Å²) in [5.41, 5.74) is 1.74. The van der Waals surface area contributed by atoms with Gasteiger partial charge in [-0.05, 0) is 60.3 Å².